The number of hydrogen-bond donors (Lipinski definition) is 2. The monoisotopic (exact) mass is 248 g/mol. The van der Waals surface area contributed by atoms with Gasteiger partial charge in [-0.1, -0.05) is 6.07 Å². The van der Waals surface area contributed by atoms with Gasteiger partial charge in [-0.25, -0.2) is 4.79 Å². The van der Waals surface area contributed by atoms with Crippen molar-refractivity contribution in [2.75, 3.05) is 12.4 Å². The van der Waals surface area contributed by atoms with Crippen LogP contribution in [0.2, 0.25) is 0 Å². The van der Waals surface area contributed by atoms with Gasteiger partial charge in [-0.3, -0.25) is 0 Å². The van der Waals surface area contributed by atoms with Gasteiger partial charge in [-0.05, 0) is 19.1 Å². The van der Waals surface area contributed by atoms with Crippen molar-refractivity contribution in [2.45, 2.75) is 6.92 Å². The molecule has 0 aliphatic carbocycles. The molecule has 0 aliphatic heterocycles. The van der Waals surface area contributed by atoms with Crippen LogP contribution in [0.3, 0.4) is 0 Å². The van der Waals surface area contributed by atoms with Gasteiger partial charge in [-0.15, -0.1) is 0 Å². The number of nitrogens with zero attached hydrogens (tertiary/aromatic N) is 1. The number of aryl methyl sites for hydroxylation is 1. The lowest BCUT2D eigenvalue weighted by Crippen LogP contribution is -1.95. The molecule has 18 heavy (non-hydrogen) atoms. The average molecular weight is 248 g/mol. The standard InChI is InChI=1S/C12H12N2O4/c1-7-10(11(15)16)18-12(13-7)14-8-4-3-5-9(6-8)17-2/h3-6H,1-2H3,(H,13,14)(H,15,16). The minimum Gasteiger partial charge on any atom is -0.497 e. The summed E-state index contributed by atoms with van der Waals surface area (Å²) in [6.45, 7) is 1.57. The molecular formula is C12H12N2O4. The maximum absolute atomic E-state index is 10.8. The number of anilines is 2. The first-order valence-electron chi connectivity index (χ1n) is 5.22. The number of aromatic nitrogens is 1. The van der Waals surface area contributed by atoms with Crippen molar-refractivity contribution in [1.29, 1.82) is 0 Å². The van der Waals surface area contributed by atoms with Crippen LogP contribution in [0.15, 0.2) is 28.7 Å². The van der Waals surface area contributed by atoms with E-state index in [0.29, 0.717) is 17.1 Å². The Morgan fingerprint density at radius 3 is 2.89 bits per heavy atom. The molecule has 0 fully saturated rings. The molecule has 1 heterocycles. The first kappa shape index (κ1) is 12.0. The first-order valence-corrected chi connectivity index (χ1v) is 5.22. The zero-order valence-corrected chi connectivity index (χ0v) is 9.93. The Balaban J connectivity index is 2.23. The molecule has 1 aromatic carbocycles. The van der Waals surface area contributed by atoms with E-state index in [-0.39, 0.29) is 11.8 Å². The van der Waals surface area contributed by atoms with Crippen LogP contribution in [0.25, 0.3) is 0 Å². The summed E-state index contributed by atoms with van der Waals surface area (Å²) in [5.41, 5.74) is 1.03. The molecule has 2 aromatic rings. The Labute approximate surface area is 103 Å². The molecule has 6 heteroatoms. The van der Waals surface area contributed by atoms with Crippen LogP contribution in [-0.4, -0.2) is 23.2 Å². The van der Waals surface area contributed by atoms with Crippen LogP contribution in [0, 0.1) is 6.92 Å². The molecular weight excluding hydrogens is 236 g/mol. The Morgan fingerprint density at radius 2 is 2.28 bits per heavy atom. The summed E-state index contributed by atoms with van der Waals surface area (Å²) >= 11 is 0. The van der Waals surface area contributed by atoms with E-state index >= 15 is 0 Å². The number of rotatable bonds is 4. The fraction of sp³-hybridized carbons (Fsp3) is 0.167. The predicted molar refractivity (Wildman–Crippen MR) is 64.5 cm³/mol. The zero-order valence-electron chi connectivity index (χ0n) is 9.93. The second-order valence-corrected chi connectivity index (χ2v) is 3.60. The third-order valence-corrected chi connectivity index (χ3v) is 2.31. The quantitative estimate of drug-likeness (QED) is 0.864. The highest BCUT2D eigenvalue weighted by molar-refractivity contribution is 5.85. The van der Waals surface area contributed by atoms with Crippen molar-refractivity contribution in [2.24, 2.45) is 0 Å². The van der Waals surface area contributed by atoms with Crippen molar-refractivity contribution >= 4 is 17.7 Å². The molecule has 1 aromatic heterocycles. The molecule has 0 unspecified atom stereocenters. The molecule has 0 spiro atoms. The normalized spacial score (nSPS) is 10.1. The SMILES string of the molecule is COc1cccc(Nc2nc(C)c(C(=O)O)o2)c1. The number of ether oxygens (including phenoxy) is 1. The molecule has 0 atom stereocenters. The van der Waals surface area contributed by atoms with Crippen LogP contribution in [0.4, 0.5) is 11.7 Å². The number of aromatic carboxylic acids is 1. The Hall–Kier alpha value is -2.50. The Morgan fingerprint density at radius 1 is 1.50 bits per heavy atom. The van der Waals surface area contributed by atoms with Gasteiger partial charge in [0.25, 0.3) is 6.01 Å². The first-order chi connectivity index (χ1) is 8.60. The van der Waals surface area contributed by atoms with Gasteiger partial charge < -0.3 is 19.6 Å². The number of methoxy groups -OCH3 is 1. The molecule has 0 amide bonds. The van der Waals surface area contributed by atoms with Gasteiger partial charge in [0.1, 0.15) is 5.75 Å². The third kappa shape index (κ3) is 2.42. The largest absolute Gasteiger partial charge is 0.497 e. The highest BCUT2D eigenvalue weighted by Gasteiger charge is 2.16. The molecule has 6 nitrogen and oxygen atoms in total. The van der Waals surface area contributed by atoms with Crippen molar-refractivity contribution < 1.29 is 19.1 Å². The van der Waals surface area contributed by atoms with Crippen LogP contribution < -0.4 is 10.1 Å². The topological polar surface area (TPSA) is 84.6 Å². The minimum atomic E-state index is -1.14. The number of nitrogens with one attached hydrogen (secondary N) is 1. The average Bonchev–Trinajstić information content (AvgIpc) is 2.70. The van der Waals surface area contributed by atoms with E-state index in [1.807, 2.05) is 0 Å². The van der Waals surface area contributed by atoms with E-state index in [1.165, 1.54) is 0 Å². The number of carbonyl (C=O) groups is 1. The number of carboxylic acids is 1. The summed E-state index contributed by atoms with van der Waals surface area (Å²) in [5, 5.41) is 11.7. The number of oxazole rings is 1. The molecule has 0 radical (unpaired) electrons. The second kappa shape index (κ2) is 4.79. The molecule has 0 saturated carbocycles. The van der Waals surface area contributed by atoms with Gasteiger partial charge >= 0.3 is 5.97 Å². The summed E-state index contributed by atoms with van der Waals surface area (Å²) < 4.78 is 10.2. The zero-order chi connectivity index (χ0) is 13.1. The highest BCUT2D eigenvalue weighted by atomic mass is 16.5. The van der Waals surface area contributed by atoms with Crippen molar-refractivity contribution in [3.63, 3.8) is 0 Å². The second-order valence-electron chi connectivity index (χ2n) is 3.60. The summed E-state index contributed by atoms with van der Waals surface area (Å²) in [6.07, 6.45) is 0. The van der Waals surface area contributed by atoms with E-state index in [1.54, 1.807) is 38.3 Å². The van der Waals surface area contributed by atoms with E-state index in [2.05, 4.69) is 10.3 Å². The third-order valence-electron chi connectivity index (χ3n) is 2.31. The number of hydrogen-bond acceptors (Lipinski definition) is 5. The smallest absolute Gasteiger partial charge is 0.373 e. The molecule has 2 rings (SSSR count). The lowest BCUT2D eigenvalue weighted by molar-refractivity contribution is 0.0662. The van der Waals surface area contributed by atoms with E-state index in [4.69, 9.17) is 14.3 Å². The van der Waals surface area contributed by atoms with E-state index < -0.39 is 5.97 Å². The highest BCUT2D eigenvalue weighted by Crippen LogP contribution is 2.22. The van der Waals surface area contributed by atoms with Gasteiger partial charge in [0.2, 0.25) is 5.76 Å². The Bertz CT molecular complexity index is 577. The molecule has 0 aliphatic rings. The maximum Gasteiger partial charge on any atom is 0.373 e. The molecule has 0 bridgehead atoms. The van der Waals surface area contributed by atoms with Gasteiger partial charge in [0, 0.05) is 11.8 Å². The summed E-state index contributed by atoms with van der Waals surface area (Å²) in [6, 6.07) is 7.28. The molecule has 2 N–H and O–H groups in total. The van der Waals surface area contributed by atoms with Crippen molar-refractivity contribution in [3.8, 4) is 5.75 Å². The van der Waals surface area contributed by atoms with Crippen LogP contribution in [-0.2, 0) is 0 Å². The maximum atomic E-state index is 10.8. The van der Waals surface area contributed by atoms with Gasteiger partial charge in [0.05, 0.1) is 12.8 Å². The summed E-state index contributed by atoms with van der Waals surface area (Å²) in [7, 11) is 1.57. The van der Waals surface area contributed by atoms with Gasteiger partial charge in [0.15, 0.2) is 0 Å². The van der Waals surface area contributed by atoms with Crippen molar-refractivity contribution in [1.82, 2.24) is 4.98 Å². The molecule has 94 valence electrons. The molecule has 0 saturated heterocycles. The fourth-order valence-corrected chi connectivity index (χ4v) is 1.47. The summed E-state index contributed by atoms with van der Waals surface area (Å²) in [4.78, 5) is 14.8. The van der Waals surface area contributed by atoms with Crippen LogP contribution in [0.5, 0.6) is 5.75 Å². The lowest BCUT2D eigenvalue weighted by atomic mass is 10.3. The van der Waals surface area contributed by atoms with Crippen molar-refractivity contribution in [3.05, 3.63) is 35.7 Å². The van der Waals surface area contributed by atoms with Gasteiger partial charge in [-0.2, -0.15) is 4.98 Å². The number of benzene rings is 1. The lowest BCUT2D eigenvalue weighted by Gasteiger charge is -2.03. The van der Waals surface area contributed by atoms with E-state index in [9.17, 15) is 4.79 Å². The fourth-order valence-electron chi connectivity index (χ4n) is 1.47. The Kier molecular flexibility index (Phi) is 3.18. The predicted octanol–water partition coefficient (Wildman–Crippen LogP) is 2.43. The number of carboxylic acid groups (broad SMARTS) is 1. The minimum absolute atomic E-state index is 0.137. The van der Waals surface area contributed by atoms with Crippen LogP contribution in [0.1, 0.15) is 16.2 Å². The summed E-state index contributed by atoms with van der Waals surface area (Å²) in [5.74, 6) is -0.624. The van der Waals surface area contributed by atoms with Crippen LogP contribution >= 0.6 is 0 Å². The van der Waals surface area contributed by atoms with E-state index in [0.717, 1.165) is 0 Å².